The van der Waals surface area contributed by atoms with Crippen molar-refractivity contribution in [2.45, 2.75) is 32.6 Å². The molecule has 2 N–H and O–H groups in total. The van der Waals surface area contributed by atoms with Crippen LogP contribution in [0.2, 0.25) is 0 Å². The highest BCUT2D eigenvalue weighted by Gasteiger charge is 2.07. The van der Waals surface area contributed by atoms with Crippen LogP contribution in [0.3, 0.4) is 0 Å². The number of phenolic OH excluding ortho intramolecular Hbond substituents is 1. The van der Waals surface area contributed by atoms with Gasteiger partial charge in [-0.2, -0.15) is 0 Å². The van der Waals surface area contributed by atoms with Crippen LogP contribution in [0.15, 0.2) is 18.2 Å². The van der Waals surface area contributed by atoms with Crippen LogP contribution in [0.4, 0.5) is 0 Å². The van der Waals surface area contributed by atoms with E-state index < -0.39 is 5.97 Å². The summed E-state index contributed by atoms with van der Waals surface area (Å²) in [6, 6.07) is 4.73. The molecule has 1 aromatic rings. The van der Waals surface area contributed by atoms with E-state index >= 15 is 0 Å². The summed E-state index contributed by atoms with van der Waals surface area (Å²) in [5, 5.41) is 18.2. The van der Waals surface area contributed by atoms with Gasteiger partial charge in [-0.1, -0.05) is 25.8 Å². The van der Waals surface area contributed by atoms with Crippen LogP contribution in [0.1, 0.15) is 31.7 Å². The third-order valence-electron chi connectivity index (χ3n) is 2.42. The summed E-state index contributed by atoms with van der Waals surface area (Å²) in [6.45, 7) is 2.73. The van der Waals surface area contributed by atoms with Gasteiger partial charge in [0.15, 0.2) is 0 Å². The lowest BCUT2D eigenvalue weighted by molar-refractivity contribution is -0.136. The average Bonchev–Trinajstić information content (AvgIpc) is 2.27. The quantitative estimate of drug-likeness (QED) is 0.716. The SMILES string of the molecule is CCCCCOc1ccc(CC(=O)O)c(O)c1. The monoisotopic (exact) mass is 238 g/mol. The number of unbranched alkanes of at least 4 members (excludes halogenated alkanes) is 2. The zero-order valence-corrected chi connectivity index (χ0v) is 9.98. The minimum atomic E-state index is -0.961. The summed E-state index contributed by atoms with van der Waals surface area (Å²) in [6.07, 6.45) is 3.05. The van der Waals surface area contributed by atoms with Crippen molar-refractivity contribution >= 4 is 5.97 Å². The zero-order valence-electron chi connectivity index (χ0n) is 9.98. The molecule has 94 valence electrons. The van der Waals surface area contributed by atoms with Gasteiger partial charge in [-0.15, -0.1) is 0 Å². The Morgan fingerprint density at radius 3 is 2.71 bits per heavy atom. The van der Waals surface area contributed by atoms with Crippen molar-refractivity contribution in [3.8, 4) is 11.5 Å². The molecule has 0 aliphatic rings. The van der Waals surface area contributed by atoms with E-state index in [9.17, 15) is 9.90 Å². The standard InChI is InChI=1S/C13H18O4/c1-2-3-4-7-17-11-6-5-10(8-13(15)16)12(14)9-11/h5-6,9,14H,2-4,7-8H2,1H3,(H,15,16). The molecule has 0 aliphatic heterocycles. The maximum Gasteiger partial charge on any atom is 0.307 e. The number of carboxylic acids is 1. The van der Waals surface area contributed by atoms with Crippen molar-refractivity contribution < 1.29 is 19.7 Å². The van der Waals surface area contributed by atoms with Crippen molar-refractivity contribution in [2.24, 2.45) is 0 Å². The third kappa shape index (κ3) is 4.76. The second-order valence-electron chi connectivity index (χ2n) is 3.92. The number of phenols is 1. The van der Waals surface area contributed by atoms with E-state index in [0.29, 0.717) is 17.9 Å². The molecule has 1 rings (SSSR count). The number of hydrogen-bond donors (Lipinski definition) is 2. The smallest absolute Gasteiger partial charge is 0.307 e. The van der Waals surface area contributed by atoms with Crippen LogP contribution in [-0.2, 0) is 11.2 Å². The van der Waals surface area contributed by atoms with Gasteiger partial charge in [-0.25, -0.2) is 0 Å². The summed E-state index contributed by atoms with van der Waals surface area (Å²) in [4.78, 5) is 10.5. The molecule has 0 saturated carbocycles. The second kappa shape index (κ2) is 6.78. The van der Waals surface area contributed by atoms with Crippen LogP contribution in [0.5, 0.6) is 11.5 Å². The van der Waals surface area contributed by atoms with Gasteiger partial charge in [0.1, 0.15) is 11.5 Å². The first-order valence-electron chi connectivity index (χ1n) is 5.80. The Kier molecular flexibility index (Phi) is 5.33. The number of aliphatic carboxylic acids is 1. The molecule has 0 aromatic heterocycles. The fourth-order valence-electron chi connectivity index (χ4n) is 1.49. The number of rotatable bonds is 7. The molecule has 0 atom stereocenters. The van der Waals surface area contributed by atoms with E-state index in [1.807, 2.05) is 0 Å². The predicted octanol–water partition coefficient (Wildman–Crippen LogP) is 2.59. The third-order valence-corrected chi connectivity index (χ3v) is 2.42. The van der Waals surface area contributed by atoms with Gasteiger partial charge in [0.05, 0.1) is 13.0 Å². The largest absolute Gasteiger partial charge is 0.508 e. The van der Waals surface area contributed by atoms with Gasteiger partial charge in [-0.05, 0) is 12.5 Å². The van der Waals surface area contributed by atoms with Gasteiger partial charge < -0.3 is 14.9 Å². The Labute approximate surface area is 101 Å². The highest BCUT2D eigenvalue weighted by Crippen LogP contribution is 2.24. The van der Waals surface area contributed by atoms with Crippen LogP contribution in [-0.4, -0.2) is 22.8 Å². The zero-order chi connectivity index (χ0) is 12.7. The summed E-state index contributed by atoms with van der Waals surface area (Å²) in [5.41, 5.74) is 0.401. The van der Waals surface area contributed by atoms with Crippen molar-refractivity contribution in [2.75, 3.05) is 6.61 Å². The van der Waals surface area contributed by atoms with E-state index in [1.54, 1.807) is 12.1 Å². The Morgan fingerprint density at radius 2 is 2.12 bits per heavy atom. The van der Waals surface area contributed by atoms with Crippen molar-refractivity contribution in [1.82, 2.24) is 0 Å². The topological polar surface area (TPSA) is 66.8 Å². The normalized spacial score (nSPS) is 10.2. The Hall–Kier alpha value is -1.71. The maximum atomic E-state index is 10.5. The fourth-order valence-corrected chi connectivity index (χ4v) is 1.49. The molecular weight excluding hydrogens is 220 g/mol. The summed E-state index contributed by atoms with van der Waals surface area (Å²) in [5.74, 6) is -0.412. The molecule has 0 radical (unpaired) electrons. The molecule has 0 heterocycles. The first kappa shape index (κ1) is 13.4. The number of carbonyl (C=O) groups is 1. The summed E-state index contributed by atoms with van der Waals surface area (Å²) in [7, 11) is 0. The fraction of sp³-hybridized carbons (Fsp3) is 0.462. The Bertz CT molecular complexity index is 374. The van der Waals surface area contributed by atoms with E-state index in [1.165, 1.54) is 6.07 Å². The molecule has 0 bridgehead atoms. The molecule has 0 amide bonds. The average molecular weight is 238 g/mol. The molecule has 1 aromatic carbocycles. The van der Waals surface area contributed by atoms with E-state index in [0.717, 1.165) is 19.3 Å². The minimum absolute atomic E-state index is 0.0274. The molecule has 17 heavy (non-hydrogen) atoms. The highest BCUT2D eigenvalue weighted by atomic mass is 16.5. The molecule has 0 saturated heterocycles. The van der Waals surface area contributed by atoms with Crippen molar-refractivity contribution in [1.29, 1.82) is 0 Å². The molecule has 0 aliphatic carbocycles. The molecule has 0 spiro atoms. The highest BCUT2D eigenvalue weighted by molar-refractivity contribution is 5.71. The predicted molar refractivity (Wildman–Crippen MR) is 64.5 cm³/mol. The summed E-state index contributed by atoms with van der Waals surface area (Å²) < 4.78 is 5.44. The van der Waals surface area contributed by atoms with Crippen LogP contribution in [0, 0.1) is 0 Å². The van der Waals surface area contributed by atoms with Crippen LogP contribution >= 0.6 is 0 Å². The molecule has 4 heteroatoms. The van der Waals surface area contributed by atoms with E-state index in [2.05, 4.69) is 6.92 Å². The van der Waals surface area contributed by atoms with Crippen LogP contribution in [0.25, 0.3) is 0 Å². The lowest BCUT2D eigenvalue weighted by Gasteiger charge is -2.08. The number of carboxylic acid groups (broad SMARTS) is 1. The number of hydrogen-bond acceptors (Lipinski definition) is 3. The number of ether oxygens (including phenoxy) is 1. The van der Waals surface area contributed by atoms with E-state index in [4.69, 9.17) is 9.84 Å². The van der Waals surface area contributed by atoms with Crippen molar-refractivity contribution in [3.63, 3.8) is 0 Å². The molecular formula is C13H18O4. The van der Waals surface area contributed by atoms with Crippen molar-refractivity contribution in [3.05, 3.63) is 23.8 Å². The van der Waals surface area contributed by atoms with Gasteiger partial charge in [-0.3, -0.25) is 4.79 Å². The Morgan fingerprint density at radius 1 is 1.35 bits per heavy atom. The van der Waals surface area contributed by atoms with Gasteiger partial charge in [0.25, 0.3) is 0 Å². The van der Waals surface area contributed by atoms with E-state index in [-0.39, 0.29) is 12.2 Å². The molecule has 0 fully saturated rings. The Balaban J connectivity index is 2.53. The summed E-state index contributed by atoms with van der Waals surface area (Å²) >= 11 is 0. The lowest BCUT2D eigenvalue weighted by Crippen LogP contribution is -2.01. The van der Waals surface area contributed by atoms with Crippen LogP contribution < -0.4 is 4.74 Å². The second-order valence-corrected chi connectivity index (χ2v) is 3.92. The van der Waals surface area contributed by atoms with Gasteiger partial charge in [0.2, 0.25) is 0 Å². The number of benzene rings is 1. The minimum Gasteiger partial charge on any atom is -0.508 e. The van der Waals surface area contributed by atoms with Gasteiger partial charge in [0, 0.05) is 11.6 Å². The first-order chi connectivity index (χ1) is 8.13. The number of aromatic hydroxyl groups is 1. The molecule has 0 unspecified atom stereocenters. The molecule has 4 nitrogen and oxygen atoms in total. The van der Waals surface area contributed by atoms with Gasteiger partial charge >= 0.3 is 5.97 Å². The maximum absolute atomic E-state index is 10.5. The first-order valence-corrected chi connectivity index (χ1v) is 5.80. The lowest BCUT2D eigenvalue weighted by atomic mass is 10.1.